The van der Waals surface area contributed by atoms with E-state index in [-0.39, 0.29) is 5.97 Å². The monoisotopic (exact) mass is 306 g/mol. The van der Waals surface area contributed by atoms with Gasteiger partial charge in [-0.1, -0.05) is 38.7 Å². The number of esters is 1. The van der Waals surface area contributed by atoms with E-state index in [2.05, 4.69) is 47.3 Å². The first-order valence-electron chi connectivity index (χ1n) is 8.03. The molecule has 0 unspecified atom stereocenters. The summed E-state index contributed by atoms with van der Waals surface area (Å²) in [7, 11) is -1.51. The summed E-state index contributed by atoms with van der Waals surface area (Å²) in [6.07, 6.45) is 1.85. The minimum absolute atomic E-state index is 0.152. The Morgan fingerprint density at radius 1 is 0.952 bits per heavy atom. The van der Waals surface area contributed by atoms with Gasteiger partial charge in [-0.15, -0.1) is 0 Å². The van der Waals surface area contributed by atoms with Gasteiger partial charge in [0.2, 0.25) is 0 Å². The molecule has 0 heterocycles. The summed E-state index contributed by atoms with van der Waals surface area (Å²) in [5.74, 6) is -0.152. The molecule has 0 radical (unpaired) electrons. The molecule has 0 aliphatic carbocycles. The first-order chi connectivity index (χ1) is 9.70. The van der Waals surface area contributed by atoms with Crippen LogP contribution < -0.4 is 5.19 Å². The third kappa shape index (κ3) is 3.39. The number of carbonyl (C=O) groups is 1. The zero-order valence-electron chi connectivity index (χ0n) is 14.9. The van der Waals surface area contributed by atoms with Crippen molar-refractivity contribution in [1.82, 2.24) is 0 Å². The molecule has 0 amide bonds. The molecule has 118 valence electrons. The van der Waals surface area contributed by atoms with Crippen molar-refractivity contribution in [3.8, 4) is 0 Å². The Kier molecular flexibility index (Phi) is 5.80. The van der Waals surface area contributed by atoms with Crippen LogP contribution in [0.4, 0.5) is 0 Å². The van der Waals surface area contributed by atoms with Gasteiger partial charge in [-0.3, -0.25) is 0 Å². The van der Waals surface area contributed by atoms with Crippen molar-refractivity contribution in [3.05, 3.63) is 27.8 Å². The van der Waals surface area contributed by atoms with Gasteiger partial charge in [0.25, 0.3) is 0 Å². The Bertz CT molecular complexity index is 539. The van der Waals surface area contributed by atoms with E-state index in [4.69, 9.17) is 4.74 Å². The molecule has 21 heavy (non-hydrogen) atoms. The SMILES string of the molecule is CCOC(=O)c1c(C)c([Si](C)(C)C)c(C)c(CC)c1CC. The third-order valence-corrected chi connectivity index (χ3v) is 6.43. The summed E-state index contributed by atoms with van der Waals surface area (Å²) in [6, 6.07) is 0. The van der Waals surface area contributed by atoms with Crippen molar-refractivity contribution < 1.29 is 9.53 Å². The molecule has 0 aliphatic rings. The van der Waals surface area contributed by atoms with E-state index in [0.29, 0.717) is 6.61 Å². The maximum absolute atomic E-state index is 12.5. The van der Waals surface area contributed by atoms with Crippen molar-refractivity contribution in [1.29, 1.82) is 0 Å². The second-order valence-electron chi connectivity index (χ2n) is 6.63. The van der Waals surface area contributed by atoms with Crippen LogP contribution in [0.3, 0.4) is 0 Å². The van der Waals surface area contributed by atoms with Crippen LogP contribution in [-0.2, 0) is 17.6 Å². The molecule has 2 nitrogen and oxygen atoms in total. The van der Waals surface area contributed by atoms with Gasteiger partial charge < -0.3 is 4.74 Å². The molecular formula is C18H30O2Si. The molecule has 1 aromatic carbocycles. The Balaban J connectivity index is 3.80. The molecule has 0 saturated heterocycles. The average Bonchev–Trinajstić information content (AvgIpc) is 2.36. The molecule has 0 fully saturated rings. The molecule has 0 atom stereocenters. The maximum Gasteiger partial charge on any atom is 0.338 e. The van der Waals surface area contributed by atoms with E-state index >= 15 is 0 Å². The first-order valence-corrected chi connectivity index (χ1v) is 11.5. The molecule has 1 rings (SSSR count). The molecule has 0 aliphatic heterocycles. The molecule has 3 heteroatoms. The van der Waals surface area contributed by atoms with Gasteiger partial charge in [0.05, 0.1) is 20.2 Å². The number of carbonyl (C=O) groups excluding carboxylic acids is 1. The van der Waals surface area contributed by atoms with Crippen LogP contribution in [0.1, 0.15) is 53.4 Å². The molecule has 0 N–H and O–H groups in total. The van der Waals surface area contributed by atoms with E-state index in [0.717, 1.165) is 24.0 Å². The Morgan fingerprint density at radius 2 is 1.48 bits per heavy atom. The smallest absolute Gasteiger partial charge is 0.338 e. The van der Waals surface area contributed by atoms with E-state index in [9.17, 15) is 4.79 Å². The van der Waals surface area contributed by atoms with Gasteiger partial charge in [0.15, 0.2) is 0 Å². The Hall–Kier alpha value is -1.09. The summed E-state index contributed by atoms with van der Waals surface area (Å²) < 4.78 is 5.33. The van der Waals surface area contributed by atoms with Gasteiger partial charge in [0.1, 0.15) is 0 Å². The topological polar surface area (TPSA) is 26.3 Å². The van der Waals surface area contributed by atoms with Gasteiger partial charge in [0, 0.05) is 0 Å². The number of benzene rings is 1. The quantitative estimate of drug-likeness (QED) is 0.603. The van der Waals surface area contributed by atoms with Crippen LogP contribution in [0.5, 0.6) is 0 Å². The number of hydrogen-bond acceptors (Lipinski definition) is 2. The summed E-state index contributed by atoms with van der Waals surface area (Å²) in [4.78, 5) is 12.5. The van der Waals surface area contributed by atoms with Crippen molar-refractivity contribution in [2.45, 2.75) is 67.1 Å². The third-order valence-electron chi connectivity index (χ3n) is 4.18. The van der Waals surface area contributed by atoms with Crippen LogP contribution >= 0.6 is 0 Å². The summed E-state index contributed by atoms with van der Waals surface area (Å²) in [6.45, 7) is 18.0. The average molecular weight is 307 g/mol. The number of ether oxygens (including phenoxy) is 1. The minimum atomic E-state index is -1.51. The van der Waals surface area contributed by atoms with Crippen LogP contribution in [0, 0.1) is 13.8 Å². The normalized spacial score (nSPS) is 11.6. The maximum atomic E-state index is 12.5. The second-order valence-corrected chi connectivity index (χ2v) is 11.6. The van der Waals surface area contributed by atoms with E-state index < -0.39 is 8.07 Å². The highest BCUT2D eigenvalue weighted by atomic mass is 28.3. The Morgan fingerprint density at radius 3 is 1.86 bits per heavy atom. The first kappa shape index (κ1) is 18.0. The van der Waals surface area contributed by atoms with E-state index in [1.54, 1.807) is 0 Å². The molecule has 0 aromatic heterocycles. The lowest BCUT2D eigenvalue weighted by atomic mass is 9.89. The predicted octanol–water partition coefficient (Wildman–Crippen LogP) is 4.15. The van der Waals surface area contributed by atoms with Crippen molar-refractivity contribution in [2.75, 3.05) is 6.61 Å². The van der Waals surface area contributed by atoms with Gasteiger partial charge >= 0.3 is 5.97 Å². The van der Waals surface area contributed by atoms with Gasteiger partial charge in [-0.25, -0.2) is 4.79 Å². The second kappa shape index (κ2) is 6.78. The summed E-state index contributed by atoms with van der Waals surface area (Å²) in [5.41, 5.74) is 5.92. The molecular weight excluding hydrogens is 276 g/mol. The minimum Gasteiger partial charge on any atom is -0.462 e. The van der Waals surface area contributed by atoms with E-state index in [1.165, 1.54) is 21.9 Å². The highest BCUT2D eigenvalue weighted by Gasteiger charge is 2.29. The summed E-state index contributed by atoms with van der Waals surface area (Å²) >= 11 is 0. The van der Waals surface area contributed by atoms with E-state index in [1.807, 2.05) is 6.92 Å². The highest BCUT2D eigenvalue weighted by Crippen LogP contribution is 2.26. The largest absolute Gasteiger partial charge is 0.462 e. The lowest BCUT2D eigenvalue weighted by molar-refractivity contribution is 0.0524. The molecule has 0 bridgehead atoms. The fourth-order valence-corrected chi connectivity index (χ4v) is 6.16. The summed E-state index contributed by atoms with van der Waals surface area (Å²) in [5, 5.41) is 1.43. The molecule has 0 spiro atoms. The lowest BCUT2D eigenvalue weighted by Crippen LogP contribution is -2.43. The molecule has 1 aromatic rings. The number of hydrogen-bond donors (Lipinski definition) is 0. The lowest BCUT2D eigenvalue weighted by Gasteiger charge is -2.28. The van der Waals surface area contributed by atoms with Crippen LogP contribution in [-0.4, -0.2) is 20.7 Å². The van der Waals surface area contributed by atoms with Crippen LogP contribution in [0.15, 0.2) is 0 Å². The zero-order valence-corrected chi connectivity index (χ0v) is 15.9. The van der Waals surface area contributed by atoms with Crippen molar-refractivity contribution >= 4 is 19.2 Å². The number of rotatable bonds is 5. The predicted molar refractivity (Wildman–Crippen MR) is 93.6 cm³/mol. The fraction of sp³-hybridized carbons (Fsp3) is 0.611. The van der Waals surface area contributed by atoms with Crippen molar-refractivity contribution in [2.24, 2.45) is 0 Å². The standard InChI is InChI=1S/C18H30O2Si/c1-9-14-12(4)17(21(6,7)8)13(5)16(15(14)10-2)18(19)20-11-3/h9-11H2,1-8H3. The Labute approximate surface area is 130 Å². The van der Waals surface area contributed by atoms with Crippen molar-refractivity contribution in [3.63, 3.8) is 0 Å². The fourth-order valence-electron chi connectivity index (χ4n) is 3.63. The van der Waals surface area contributed by atoms with Gasteiger partial charge in [-0.05, 0) is 55.9 Å². The molecule has 0 saturated carbocycles. The highest BCUT2D eigenvalue weighted by molar-refractivity contribution is 6.89. The zero-order chi connectivity index (χ0) is 16.4. The van der Waals surface area contributed by atoms with Crippen LogP contribution in [0.25, 0.3) is 0 Å². The van der Waals surface area contributed by atoms with Gasteiger partial charge in [-0.2, -0.15) is 0 Å². The van der Waals surface area contributed by atoms with Crippen LogP contribution in [0.2, 0.25) is 19.6 Å².